The lowest BCUT2D eigenvalue weighted by molar-refractivity contribution is -0.918. The van der Waals surface area contributed by atoms with Gasteiger partial charge in [-0.3, -0.25) is 5.01 Å². The smallest absolute Gasteiger partial charge is 0.103 e. The minimum Gasteiger partial charge on any atom is -0.328 e. The molecule has 0 amide bonds. The highest BCUT2D eigenvalue weighted by Crippen LogP contribution is 2.20. The summed E-state index contributed by atoms with van der Waals surface area (Å²) in [5.41, 5.74) is 1.42. The van der Waals surface area contributed by atoms with Crippen molar-refractivity contribution in [3.05, 3.63) is 56.7 Å². The average Bonchev–Trinajstić information content (AvgIpc) is 2.93. The summed E-state index contributed by atoms with van der Waals surface area (Å²) in [6, 6.07) is 14.9. The quantitative estimate of drug-likeness (QED) is 0.824. The van der Waals surface area contributed by atoms with E-state index in [0.717, 1.165) is 36.5 Å². The van der Waals surface area contributed by atoms with E-state index in [1.165, 1.54) is 10.4 Å². The summed E-state index contributed by atoms with van der Waals surface area (Å²) >= 11 is 5.19. The van der Waals surface area contributed by atoms with Crippen molar-refractivity contribution in [3.63, 3.8) is 0 Å². The number of nitrogens with one attached hydrogen (secondary N) is 1. The number of thiophene rings is 1. The van der Waals surface area contributed by atoms with Gasteiger partial charge in [0.2, 0.25) is 0 Å². The number of halogens is 1. The Morgan fingerprint density at radius 3 is 2.57 bits per heavy atom. The Morgan fingerprint density at radius 1 is 1.14 bits per heavy atom. The number of rotatable bonds is 4. The predicted octanol–water partition coefficient (Wildman–Crippen LogP) is 2.25. The summed E-state index contributed by atoms with van der Waals surface area (Å²) in [7, 11) is 0. The molecule has 0 bridgehead atoms. The van der Waals surface area contributed by atoms with Crippen molar-refractivity contribution in [1.29, 1.82) is 0 Å². The van der Waals surface area contributed by atoms with Gasteiger partial charge >= 0.3 is 0 Å². The summed E-state index contributed by atoms with van der Waals surface area (Å²) in [6.07, 6.45) is 1.97. The van der Waals surface area contributed by atoms with Gasteiger partial charge in [0.25, 0.3) is 0 Å². The monoisotopic (exact) mass is 364 g/mol. The molecule has 1 fully saturated rings. The van der Waals surface area contributed by atoms with E-state index in [1.807, 2.05) is 6.21 Å². The number of hydrazone groups is 1. The third-order valence-electron chi connectivity index (χ3n) is 3.69. The van der Waals surface area contributed by atoms with Gasteiger partial charge in [-0.05, 0) is 28.1 Å². The highest BCUT2D eigenvalue weighted by Gasteiger charge is 2.18. The molecule has 2 heterocycles. The number of quaternary nitrogens is 1. The lowest BCUT2D eigenvalue weighted by atomic mass is 10.2. The Balaban J connectivity index is 1.48. The van der Waals surface area contributed by atoms with Crippen LogP contribution in [0.4, 0.5) is 0 Å². The molecule has 1 aromatic heterocycles. The number of hydrogen-bond donors (Lipinski definition) is 1. The van der Waals surface area contributed by atoms with Gasteiger partial charge in [-0.1, -0.05) is 30.3 Å². The van der Waals surface area contributed by atoms with Crippen LogP contribution in [0.1, 0.15) is 10.4 Å². The van der Waals surface area contributed by atoms with Crippen molar-refractivity contribution < 1.29 is 4.90 Å². The minimum absolute atomic E-state index is 1.03. The van der Waals surface area contributed by atoms with Crippen molar-refractivity contribution in [2.24, 2.45) is 5.10 Å². The van der Waals surface area contributed by atoms with E-state index >= 15 is 0 Å². The summed E-state index contributed by atoms with van der Waals surface area (Å²) in [5, 5.41) is 6.78. The zero-order valence-electron chi connectivity index (χ0n) is 11.8. The van der Waals surface area contributed by atoms with Crippen LogP contribution in [0.3, 0.4) is 0 Å². The van der Waals surface area contributed by atoms with Crippen molar-refractivity contribution in [1.82, 2.24) is 5.01 Å². The molecule has 0 atom stereocenters. The summed E-state index contributed by atoms with van der Waals surface area (Å²) < 4.78 is 1.15. The first-order valence-electron chi connectivity index (χ1n) is 7.21. The average molecular weight is 365 g/mol. The van der Waals surface area contributed by atoms with E-state index in [9.17, 15) is 0 Å². The first-order chi connectivity index (χ1) is 10.3. The largest absolute Gasteiger partial charge is 0.328 e. The first kappa shape index (κ1) is 14.8. The normalized spacial score (nSPS) is 16.7. The Morgan fingerprint density at radius 2 is 1.90 bits per heavy atom. The first-order valence-corrected chi connectivity index (χ1v) is 8.82. The van der Waals surface area contributed by atoms with Crippen molar-refractivity contribution >= 4 is 33.5 Å². The highest BCUT2D eigenvalue weighted by atomic mass is 79.9. The number of hydrogen-bond acceptors (Lipinski definition) is 3. The third-order valence-corrected chi connectivity index (χ3v) is 5.24. The number of benzene rings is 1. The van der Waals surface area contributed by atoms with E-state index in [2.05, 4.69) is 68.5 Å². The Kier molecular flexibility index (Phi) is 5.06. The van der Waals surface area contributed by atoms with Crippen LogP contribution < -0.4 is 4.90 Å². The van der Waals surface area contributed by atoms with Gasteiger partial charge in [0.15, 0.2) is 0 Å². The maximum atomic E-state index is 4.59. The Hall–Kier alpha value is -1.17. The fraction of sp³-hybridized carbons (Fsp3) is 0.312. The van der Waals surface area contributed by atoms with E-state index < -0.39 is 0 Å². The molecule has 1 aliphatic heterocycles. The lowest BCUT2D eigenvalue weighted by Gasteiger charge is -2.30. The minimum atomic E-state index is 1.03. The molecule has 110 valence electrons. The summed E-state index contributed by atoms with van der Waals surface area (Å²) in [4.78, 5) is 2.84. The predicted molar refractivity (Wildman–Crippen MR) is 92.0 cm³/mol. The van der Waals surface area contributed by atoms with Crippen LogP contribution in [0.5, 0.6) is 0 Å². The van der Waals surface area contributed by atoms with Crippen LogP contribution in [0.2, 0.25) is 0 Å². The van der Waals surface area contributed by atoms with Crippen LogP contribution >= 0.6 is 27.3 Å². The second-order valence-corrected chi connectivity index (χ2v) is 7.75. The van der Waals surface area contributed by atoms with Gasteiger partial charge in [0.1, 0.15) is 6.54 Å². The van der Waals surface area contributed by atoms with Gasteiger partial charge in [-0.25, -0.2) is 0 Å². The zero-order valence-corrected chi connectivity index (χ0v) is 14.2. The van der Waals surface area contributed by atoms with E-state index in [4.69, 9.17) is 0 Å². The molecule has 5 heteroatoms. The van der Waals surface area contributed by atoms with Gasteiger partial charge in [-0.2, -0.15) is 5.10 Å². The third kappa shape index (κ3) is 4.40. The fourth-order valence-electron chi connectivity index (χ4n) is 2.52. The Bertz CT molecular complexity index is 589. The van der Waals surface area contributed by atoms with Crippen molar-refractivity contribution in [2.45, 2.75) is 6.54 Å². The van der Waals surface area contributed by atoms with E-state index in [-0.39, 0.29) is 0 Å². The molecule has 21 heavy (non-hydrogen) atoms. The molecule has 0 unspecified atom stereocenters. The van der Waals surface area contributed by atoms with E-state index in [0.29, 0.717) is 0 Å². The molecular weight excluding hydrogens is 346 g/mol. The number of piperazine rings is 1. The topological polar surface area (TPSA) is 20.0 Å². The molecule has 1 aliphatic rings. The second-order valence-electron chi connectivity index (χ2n) is 5.25. The van der Waals surface area contributed by atoms with Crippen LogP contribution in [0, 0.1) is 0 Å². The molecule has 0 spiro atoms. The van der Waals surface area contributed by atoms with Crippen LogP contribution in [-0.4, -0.2) is 37.4 Å². The summed E-state index contributed by atoms with van der Waals surface area (Å²) in [5.74, 6) is 0. The number of nitrogens with zero attached hydrogens (tertiary/aromatic N) is 2. The molecule has 0 aliphatic carbocycles. The maximum absolute atomic E-state index is 4.59. The van der Waals surface area contributed by atoms with Gasteiger partial charge in [0, 0.05) is 10.4 Å². The SMILES string of the molecule is Brc1ccc(/C=N\N2CC[NH+](Cc3ccccc3)CC2)s1. The van der Waals surface area contributed by atoms with E-state index in [1.54, 1.807) is 16.2 Å². The van der Waals surface area contributed by atoms with Crippen LogP contribution in [-0.2, 0) is 6.54 Å². The maximum Gasteiger partial charge on any atom is 0.103 e. The lowest BCUT2D eigenvalue weighted by Crippen LogP contribution is -3.13. The molecule has 1 aromatic carbocycles. The molecule has 1 N–H and O–H groups in total. The molecular formula is C16H19BrN3S+. The van der Waals surface area contributed by atoms with Gasteiger partial charge in [-0.15, -0.1) is 11.3 Å². The van der Waals surface area contributed by atoms with Crippen molar-refractivity contribution in [3.8, 4) is 0 Å². The second kappa shape index (κ2) is 7.20. The van der Waals surface area contributed by atoms with Crippen LogP contribution in [0.25, 0.3) is 0 Å². The fourth-order valence-corrected chi connectivity index (χ4v) is 3.81. The molecule has 1 saturated heterocycles. The van der Waals surface area contributed by atoms with Gasteiger partial charge in [0.05, 0.1) is 36.2 Å². The van der Waals surface area contributed by atoms with Crippen molar-refractivity contribution in [2.75, 3.05) is 26.2 Å². The highest BCUT2D eigenvalue weighted by molar-refractivity contribution is 9.11. The standard InChI is InChI=1S/C16H18BrN3S/c17-16-7-6-15(21-16)12-18-20-10-8-19(9-11-20)13-14-4-2-1-3-5-14/h1-7,12H,8-11,13H2/p+1/b18-12-. The zero-order chi connectivity index (χ0) is 14.5. The molecule has 3 nitrogen and oxygen atoms in total. The molecule has 0 radical (unpaired) electrons. The molecule has 0 saturated carbocycles. The molecule has 2 aromatic rings. The molecule has 3 rings (SSSR count). The Labute approximate surface area is 138 Å². The van der Waals surface area contributed by atoms with Crippen LogP contribution in [0.15, 0.2) is 51.4 Å². The summed E-state index contributed by atoms with van der Waals surface area (Å²) in [6.45, 7) is 5.49. The van der Waals surface area contributed by atoms with Gasteiger partial charge < -0.3 is 4.90 Å².